The van der Waals surface area contributed by atoms with Crippen molar-refractivity contribution in [2.24, 2.45) is 0 Å². The molecule has 0 aliphatic carbocycles. The maximum absolute atomic E-state index is 12.5. The van der Waals surface area contributed by atoms with E-state index in [1.54, 1.807) is 11.0 Å². The van der Waals surface area contributed by atoms with E-state index in [0.717, 1.165) is 32.5 Å². The van der Waals surface area contributed by atoms with Crippen LogP contribution in [0.5, 0.6) is 0 Å². The molecule has 0 aromatic carbocycles. The maximum atomic E-state index is 12.5. The van der Waals surface area contributed by atoms with Gasteiger partial charge in [-0.15, -0.1) is 0 Å². The summed E-state index contributed by atoms with van der Waals surface area (Å²) in [4.78, 5) is 14.4. The van der Waals surface area contributed by atoms with Crippen molar-refractivity contribution in [3.8, 4) is 0 Å². The summed E-state index contributed by atoms with van der Waals surface area (Å²) in [5.41, 5.74) is 0.690. The summed E-state index contributed by atoms with van der Waals surface area (Å²) in [5, 5.41) is 4.11. The summed E-state index contributed by atoms with van der Waals surface area (Å²) in [6.45, 7) is 4.74. The van der Waals surface area contributed by atoms with Crippen LogP contribution in [0.4, 0.5) is 0 Å². The third kappa shape index (κ3) is 3.76. The van der Waals surface area contributed by atoms with Crippen LogP contribution in [0.2, 0.25) is 5.02 Å². The van der Waals surface area contributed by atoms with Crippen molar-refractivity contribution in [3.63, 3.8) is 0 Å². The summed E-state index contributed by atoms with van der Waals surface area (Å²) in [6.07, 6.45) is 6.46. The molecule has 0 radical (unpaired) electrons. The predicted molar refractivity (Wildman–Crippen MR) is 82.3 cm³/mol. The number of carbonyl (C=O) groups is 1. The SMILES string of the molecule is CCCn1cc(Cl)cc1C(=O)N(C)CC1CCCCN1. The van der Waals surface area contributed by atoms with E-state index < -0.39 is 0 Å². The van der Waals surface area contributed by atoms with Crippen LogP contribution in [-0.2, 0) is 6.54 Å². The third-order valence-corrected chi connectivity index (χ3v) is 4.01. The molecule has 112 valence electrons. The minimum absolute atomic E-state index is 0.0534. The lowest BCUT2D eigenvalue weighted by atomic mass is 10.0. The lowest BCUT2D eigenvalue weighted by Crippen LogP contribution is -2.44. The second-order valence-electron chi connectivity index (χ2n) is 5.57. The molecular weight excluding hydrogens is 274 g/mol. The largest absolute Gasteiger partial charge is 0.342 e. The zero-order valence-corrected chi connectivity index (χ0v) is 13.1. The maximum Gasteiger partial charge on any atom is 0.270 e. The Morgan fingerprint density at radius 1 is 1.55 bits per heavy atom. The average Bonchev–Trinajstić information content (AvgIpc) is 2.80. The number of likely N-dealkylation sites (N-methyl/N-ethyl adjacent to an activating group) is 1. The fraction of sp³-hybridized carbons (Fsp3) is 0.667. The molecule has 2 rings (SSSR count). The van der Waals surface area contributed by atoms with Crippen molar-refractivity contribution in [2.45, 2.75) is 45.2 Å². The van der Waals surface area contributed by atoms with E-state index in [9.17, 15) is 4.79 Å². The topological polar surface area (TPSA) is 37.3 Å². The van der Waals surface area contributed by atoms with Gasteiger partial charge < -0.3 is 14.8 Å². The highest BCUT2D eigenvalue weighted by molar-refractivity contribution is 6.31. The van der Waals surface area contributed by atoms with E-state index in [-0.39, 0.29) is 5.91 Å². The normalized spacial score (nSPS) is 19.1. The van der Waals surface area contributed by atoms with Gasteiger partial charge in [0.15, 0.2) is 0 Å². The summed E-state index contributed by atoms with van der Waals surface area (Å²) in [5.74, 6) is 0.0534. The summed E-state index contributed by atoms with van der Waals surface area (Å²) < 4.78 is 1.95. The lowest BCUT2D eigenvalue weighted by molar-refractivity contribution is 0.0764. The fourth-order valence-electron chi connectivity index (χ4n) is 2.77. The number of nitrogens with one attached hydrogen (secondary N) is 1. The molecule has 20 heavy (non-hydrogen) atoms. The number of carbonyl (C=O) groups excluding carboxylic acids is 1. The number of halogens is 1. The van der Waals surface area contributed by atoms with E-state index in [1.165, 1.54) is 12.8 Å². The number of hydrogen-bond acceptors (Lipinski definition) is 2. The Hall–Kier alpha value is -1.00. The second kappa shape index (κ2) is 7.14. The molecule has 1 unspecified atom stereocenters. The number of nitrogens with zero attached hydrogens (tertiary/aromatic N) is 2. The van der Waals surface area contributed by atoms with E-state index in [4.69, 9.17) is 11.6 Å². The molecule has 1 aliphatic rings. The number of rotatable bonds is 5. The molecular formula is C15H24ClN3O. The average molecular weight is 298 g/mol. The molecule has 1 atom stereocenters. The lowest BCUT2D eigenvalue weighted by Gasteiger charge is -2.28. The van der Waals surface area contributed by atoms with Crippen LogP contribution in [0.3, 0.4) is 0 Å². The van der Waals surface area contributed by atoms with Crippen LogP contribution < -0.4 is 5.32 Å². The van der Waals surface area contributed by atoms with Gasteiger partial charge in [-0.25, -0.2) is 0 Å². The van der Waals surface area contributed by atoms with Crippen LogP contribution in [0, 0.1) is 0 Å². The Morgan fingerprint density at radius 2 is 2.35 bits per heavy atom. The zero-order chi connectivity index (χ0) is 14.5. The van der Waals surface area contributed by atoms with E-state index in [0.29, 0.717) is 16.8 Å². The number of amides is 1. The molecule has 0 saturated carbocycles. The van der Waals surface area contributed by atoms with Gasteiger partial charge in [-0.1, -0.05) is 24.9 Å². The van der Waals surface area contributed by atoms with Gasteiger partial charge >= 0.3 is 0 Å². The molecule has 1 N–H and O–H groups in total. The van der Waals surface area contributed by atoms with Crippen LogP contribution in [0.25, 0.3) is 0 Å². The molecule has 1 aromatic heterocycles. The predicted octanol–water partition coefficient (Wildman–Crippen LogP) is 2.77. The standard InChI is InChI=1S/C15H24ClN3O/c1-3-8-19-10-12(16)9-14(19)15(20)18(2)11-13-6-4-5-7-17-13/h9-10,13,17H,3-8,11H2,1-2H3. The van der Waals surface area contributed by atoms with Crippen molar-refractivity contribution in [3.05, 3.63) is 23.0 Å². The molecule has 1 fully saturated rings. The first kappa shape index (κ1) is 15.4. The monoisotopic (exact) mass is 297 g/mol. The molecule has 2 heterocycles. The minimum Gasteiger partial charge on any atom is -0.342 e. The Morgan fingerprint density at radius 3 is 3.00 bits per heavy atom. The molecule has 1 aliphatic heterocycles. The van der Waals surface area contributed by atoms with Crippen molar-refractivity contribution in [1.29, 1.82) is 0 Å². The molecule has 0 spiro atoms. The Labute approximate surface area is 126 Å². The highest BCUT2D eigenvalue weighted by atomic mass is 35.5. The Bertz CT molecular complexity index is 452. The molecule has 4 nitrogen and oxygen atoms in total. The smallest absolute Gasteiger partial charge is 0.270 e. The fourth-order valence-corrected chi connectivity index (χ4v) is 2.99. The number of hydrogen-bond donors (Lipinski definition) is 1. The van der Waals surface area contributed by atoms with Crippen LogP contribution in [0.15, 0.2) is 12.3 Å². The van der Waals surface area contributed by atoms with Gasteiger partial charge in [0.2, 0.25) is 0 Å². The summed E-state index contributed by atoms with van der Waals surface area (Å²) in [6, 6.07) is 2.19. The van der Waals surface area contributed by atoms with Crippen molar-refractivity contribution in [1.82, 2.24) is 14.8 Å². The quantitative estimate of drug-likeness (QED) is 0.907. The summed E-state index contributed by atoms with van der Waals surface area (Å²) >= 11 is 6.04. The van der Waals surface area contributed by atoms with Crippen LogP contribution in [0.1, 0.15) is 43.1 Å². The van der Waals surface area contributed by atoms with E-state index in [1.807, 2.05) is 17.8 Å². The van der Waals surface area contributed by atoms with Crippen LogP contribution in [-0.4, -0.2) is 41.6 Å². The van der Waals surface area contributed by atoms with E-state index in [2.05, 4.69) is 12.2 Å². The number of aromatic nitrogens is 1. The van der Waals surface area contributed by atoms with Gasteiger partial charge in [0.1, 0.15) is 5.69 Å². The first-order chi connectivity index (χ1) is 9.61. The highest BCUT2D eigenvalue weighted by Gasteiger charge is 2.21. The third-order valence-electron chi connectivity index (χ3n) is 3.80. The van der Waals surface area contributed by atoms with Crippen molar-refractivity contribution in [2.75, 3.05) is 20.1 Å². The molecule has 1 amide bonds. The van der Waals surface area contributed by atoms with Crippen LogP contribution >= 0.6 is 11.6 Å². The van der Waals surface area contributed by atoms with Gasteiger partial charge in [0.25, 0.3) is 5.91 Å². The molecule has 1 aromatic rings. The molecule has 1 saturated heterocycles. The van der Waals surface area contributed by atoms with Gasteiger partial charge in [-0.2, -0.15) is 0 Å². The summed E-state index contributed by atoms with van der Waals surface area (Å²) in [7, 11) is 1.87. The molecule has 0 bridgehead atoms. The van der Waals surface area contributed by atoms with Gasteiger partial charge in [0, 0.05) is 32.4 Å². The zero-order valence-electron chi connectivity index (χ0n) is 12.4. The van der Waals surface area contributed by atoms with Gasteiger partial charge in [-0.3, -0.25) is 4.79 Å². The highest BCUT2D eigenvalue weighted by Crippen LogP contribution is 2.17. The van der Waals surface area contributed by atoms with Gasteiger partial charge in [0.05, 0.1) is 5.02 Å². The van der Waals surface area contributed by atoms with Gasteiger partial charge in [-0.05, 0) is 31.9 Å². The van der Waals surface area contributed by atoms with Crippen molar-refractivity contribution >= 4 is 17.5 Å². The molecule has 5 heteroatoms. The first-order valence-corrected chi connectivity index (χ1v) is 7.84. The Balaban J connectivity index is 2.01. The Kier molecular flexibility index (Phi) is 5.49. The van der Waals surface area contributed by atoms with Crippen molar-refractivity contribution < 1.29 is 4.79 Å². The number of piperidine rings is 1. The minimum atomic E-state index is 0.0534. The second-order valence-corrected chi connectivity index (χ2v) is 6.01. The first-order valence-electron chi connectivity index (χ1n) is 7.46. The van der Waals surface area contributed by atoms with E-state index >= 15 is 0 Å². The number of aryl methyl sites for hydroxylation is 1.